The van der Waals surface area contributed by atoms with E-state index in [1.807, 2.05) is 71.4 Å². The molecule has 2 aromatic heterocycles. The van der Waals surface area contributed by atoms with E-state index in [1.54, 1.807) is 4.57 Å². The molecule has 0 spiro atoms. The smallest absolute Gasteiger partial charge is 0.370 e. The van der Waals surface area contributed by atoms with Gasteiger partial charge in [0.2, 0.25) is 0 Å². The Morgan fingerprint density at radius 1 is 0.941 bits per heavy atom. The standard InChI is InChI=1S/C21H29N7O.C18H28F3N/c1-21(2,3)17-11-15-13-28(20(29)27-18(15)26-17)16-7-5-14(6-8-16)12-24-9-4-10-25-19(22)23;1-13(22(5)6)8-7-9-14-10-15(17(2,3)4)12-16(11-14)18(19,20)21/h5-8,11,13,24H,4,9-10,12H2,1-3H3,(H4,22,23,25)(H,26,27,29);10-13H,7-9H2,1-6H3/t;13-/m.0/s1. The van der Waals surface area contributed by atoms with Gasteiger partial charge in [0.1, 0.15) is 5.65 Å². The maximum absolute atomic E-state index is 13.1. The summed E-state index contributed by atoms with van der Waals surface area (Å²) in [4.78, 5) is 26.0. The van der Waals surface area contributed by atoms with Crippen molar-refractivity contribution >= 4 is 17.0 Å². The van der Waals surface area contributed by atoms with Gasteiger partial charge in [0.15, 0.2) is 5.96 Å². The van der Waals surface area contributed by atoms with Crippen molar-refractivity contribution in [3.63, 3.8) is 0 Å². The molecule has 0 fully saturated rings. The summed E-state index contributed by atoms with van der Waals surface area (Å²) in [6.45, 7) is 16.5. The molecular weight excluding hydrogens is 653 g/mol. The number of aliphatic imine (C=N–C) groups is 1. The number of halogens is 3. The molecule has 2 aromatic carbocycles. The normalized spacial score (nSPS) is 12.9. The van der Waals surface area contributed by atoms with E-state index in [0.717, 1.165) is 65.8 Å². The zero-order valence-electron chi connectivity index (χ0n) is 31.7. The number of aryl methyl sites for hydroxylation is 1. The molecule has 4 aromatic rings. The van der Waals surface area contributed by atoms with Crippen LogP contribution in [0, 0.1) is 0 Å². The van der Waals surface area contributed by atoms with Crippen molar-refractivity contribution in [2.45, 2.75) is 104 Å². The number of H-pyrrole nitrogens is 1. The van der Waals surface area contributed by atoms with Crippen LogP contribution >= 0.6 is 0 Å². The molecule has 0 aliphatic heterocycles. The monoisotopic (exact) mass is 710 g/mol. The number of hydrogen-bond acceptors (Lipinski definition) is 5. The van der Waals surface area contributed by atoms with Crippen LogP contribution in [0.5, 0.6) is 0 Å². The number of fused-ring (bicyclic) bond motifs is 1. The Bertz CT molecular complexity index is 1760. The number of alkyl halides is 3. The van der Waals surface area contributed by atoms with Gasteiger partial charge in [-0.2, -0.15) is 18.2 Å². The van der Waals surface area contributed by atoms with E-state index in [-0.39, 0.29) is 22.5 Å². The van der Waals surface area contributed by atoms with Gasteiger partial charge in [-0.1, -0.05) is 59.7 Å². The average Bonchev–Trinajstić information content (AvgIpc) is 3.45. The topological polar surface area (TPSA) is 130 Å². The second-order valence-electron chi connectivity index (χ2n) is 15.5. The van der Waals surface area contributed by atoms with Crippen LogP contribution in [0.15, 0.2) is 64.5 Å². The van der Waals surface area contributed by atoms with Crippen molar-refractivity contribution in [1.82, 2.24) is 24.8 Å². The SMILES string of the molecule is CC(C)(C)c1cc2cn(-c3ccc(CNCCCN=C(N)N)cc3)c(=O)nc2[nH]1.C[C@@H](CCCc1cc(C(C)(C)C)cc(C(F)(F)F)c1)N(C)C. The Labute approximate surface area is 300 Å². The lowest BCUT2D eigenvalue weighted by Crippen LogP contribution is -2.24. The number of nitrogens with one attached hydrogen (secondary N) is 2. The Morgan fingerprint density at radius 2 is 1.59 bits per heavy atom. The summed E-state index contributed by atoms with van der Waals surface area (Å²) < 4.78 is 40.8. The van der Waals surface area contributed by atoms with Crippen LogP contribution in [-0.4, -0.2) is 58.6 Å². The van der Waals surface area contributed by atoms with Gasteiger partial charge in [0, 0.05) is 41.8 Å². The third-order valence-corrected chi connectivity index (χ3v) is 8.82. The van der Waals surface area contributed by atoms with Crippen molar-refractivity contribution in [3.8, 4) is 5.69 Å². The van der Waals surface area contributed by atoms with Gasteiger partial charge < -0.3 is 26.7 Å². The highest BCUT2D eigenvalue weighted by atomic mass is 19.4. The summed E-state index contributed by atoms with van der Waals surface area (Å²) in [5, 5.41) is 4.27. The minimum absolute atomic E-state index is 0.0352. The van der Waals surface area contributed by atoms with E-state index < -0.39 is 11.7 Å². The Kier molecular flexibility index (Phi) is 14.1. The van der Waals surface area contributed by atoms with Crippen molar-refractivity contribution in [1.29, 1.82) is 0 Å². The molecule has 0 saturated heterocycles. The molecule has 0 radical (unpaired) electrons. The molecule has 4 rings (SSSR count). The minimum Gasteiger partial charge on any atom is -0.370 e. The second kappa shape index (κ2) is 17.4. The maximum atomic E-state index is 13.1. The zero-order valence-corrected chi connectivity index (χ0v) is 31.7. The molecule has 51 heavy (non-hydrogen) atoms. The van der Waals surface area contributed by atoms with E-state index in [9.17, 15) is 18.0 Å². The van der Waals surface area contributed by atoms with Crippen LogP contribution in [0.4, 0.5) is 13.2 Å². The first kappa shape index (κ1) is 41.3. The fourth-order valence-electron chi connectivity index (χ4n) is 5.30. The van der Waals surface area contributed by atoms with Crippen molar-refractivity contribution in [2.75, 3.05) is 27.2 Å². The van der Waals surface area contributed by atoms with Crippen LogP contribution in [0.25, 0.3) is 16.7 Å². The van der Waals surface area contributed by atoms with Crippen molar-refractivity contribution in [2.24, 2.45) is 16.5 Å². The first-order valence-corrected chi connectivity index (χ1v) is 17.5. The average molecular weight is 711 g/mol. The quantitative estimate of drug-likeness (QED) is 0.0709. The number of rotatable bonds is 12. The van der Waals surface area contributed by atoms with Crippen molar-refractivity contribution < 1.29 is 13.2 Å². The fourth-order valence-corrected chi connectivity index (χ4v) is 5.30. The molecule has 0 saturated carbocycles. The highest BCUT2D eigenvalue weighted by Crippen LogP contribution is 2.34. The van der Waals surface area contributed by atoms with Crippen LogP contribution < -0.4 is 22.5 Å². The third kappa shape index (κ3) is 12.8. The van der Waals surface area contributed by atoms with Crippen LogP contribution in [-0.2, 0) is 30.0 Å². The van der Waals surface area contributed by atoms with E-state index in [1.165, 1.54) is 12.1 Å². The lowest BCUT2D eigenvalue weighted by Gasteiger charge is -2.23. The molecule has 0 aliphatic carbocycles. The molecule has 0 amide bonds. The Hall–Kier alpha value is -4.16. The van der Waals surface area contributed by atoms with Gasteiger partial charge in [0.25, 0.3) is 0 Å². The molecule has 6 N–H and O–H groups in total. The largest absolute Gasteiger partial charge is 0.416 e. The Morgan fingerprint density at radius 3 is 2.16 bits per heavy atom. The molecule has 12 heteroatoms. The van der Waals surface area contributed by atoms with Gasteiger partial charge in [-0.3, -0.25) is 9.56 Å². The summed E-state index contributed by atoms with van der Waals surface area (Å²) >= 11 is 0. The number of hydrogen-bond donors (Lipinski definition) is 4. The predicted molar refractivity (Wildman–Crippen MR) is 204 cm³/mol. The maximum Gasteiger partial charge on any atom is 0.416 e. The summed E-state index contributed by atoms with van der Waals surface area (Å²) in [6, 6.07) is 14.9. The molecule has 1 atom stereocenters. The lowest BCUT2D eigenvalue weighted by atomic mass is 9.84. The number of nitrogens with zero attached hydrogens (tertiary/aromatic N) is 4. The number of guanidine groups is 1. The summed E-state index contributed by atoms with van der Waals surface area (Å²) in [7, 11) is 4.04. The Balaban J connectivity index is 0.000000287. The number of benzene rings is 2. The summed E-state index contributed by atoms with van der Waals surface area (Å²) in [5.74, 6) is 0.123. The first-order chi connectivity index (χ1) is 23.6. The molecule has 2 heterocycles. The lowest BCUT2D eigenvalue weighted by molar-refractivity contribution is -0.137. The van der Waals surface area contributed by atoms with Crippen LogP contribution in [0.2, 0.25) is 0 Å². The first-order valence-electron chi connectivity index (χ1n) is 17.5. The van der Waals surface area contributed by atoms with Crippen LogP contribution in [0.3, 0.4) is 0 Å². The van der Waals surface area contributed by atoms with Gasteiger partial charge in [-0.25, -0.2) is 4.79 Å². The van der Waals surface area contributed by atoms with Gasteiger partial charge >= 0.3 is 11.9 Å². The van der Waals surface area contributed by atoms with E-state index in [4.69, 9.17) is 11.5 Å². The molecule has 0 unspecified atom stereocenters. The summed E-state index contributed by atoms with van der Waals surface area (Å²) in [5.41, 5.74) is 14.6. The van der Waals surface area contributed by atoms with Gasteiger partial charge in [-0.05, 0) is 106 Å². The predicted octanol–water partition coefficient (Wildman–Crippen LogP) is 7.04. The fraction of sp³-hybridized carbons (Fsp3) is 0.513. The van der Waals surface area contributed by atoms with Gasteiger partial charge in [0.05, 0.1) is 11.3 Å². The highest BCUT2D eigenvalue weighted by molar-refractivity contribution is 5.76. The molecule has 9 nitrogen and oxygen atoms in total. The highest BCUT2D eigenvalue weighted by Gasteiger charge is 2.32. The third-order valence-electron chi connectivity index (χ3n) is 8.82. The molecule has 280 valence electrons. The molecule has 0 aliphatic rings. The zero-order chi connectivity index (χ0) is 38.1. The van der Waals surface area contributed by atoms with Gasteiger partial charge in [-0.15, -0.1) is 0 Å². The van der Waals surface area contributed by atoms with Crippen LogP contribution in [0.1, 0.15) is 95.7 Å². The number of aromatic nitrogens is 3. The van der Waals surface area contributed by atoms with E-state index in [0.29, 0.717) is 24.7 Å². The number of aromatic amines is 1. The molecular formula is C39H57F3N8O. The minimum atomic E-state index is -4.28. The van der Waals surface area contributed by atoms with E-state index in [2.05, 4.69) is 58.9 Å². The van der Waals surface area contributed by atoms with E-state index >= 15 is 0 Å². The summed E-state index contributed by atoms with van der Waals surface area (Å²) in [6.07, 6.45) is 0.980. The second-order valence-corrected chi connectivity index (χ2v) is 15.5. The molecule has 0 bridgehead atoms. The van der Waals surface area contributed by atoms with Crippen molar-refractivity contribution in [3.05, 3.63) is 93.2 Å². The number of nitrogens with two attached hydrogens (primary N) is 2.